The lowest BCUT2D eigenvalue weighted by molar-refractivity contribution is 0.000903. The Balaban J connectivity index is 1.91. The number of aliphatic hydroxyl groups is 1. The van der Waals surface area contributed by atoms with Crippen molar-refractivity contribution in [3.8, 4) is 0 Å². The second kappa shape index (κ2) is 4.73. The molecule has 0 spiro atoms. The molecule has 2 nitrogen and oxygen atoms in total. The van der Waals surface area contributed by atoms with E-state index in [4.69, 9.17) is 0 Å². The Kier molecular flexibility index (Phi) is 3.34. The van der Waals surface area contributed by atoms with E-state index in [1.165, 1.54) is 5.56 Å². The van der Waals surface area contributed by atoms with Crippen LogP contribution in [0.1, 0.15) is 12.0 Å². The van der Waals surface area contributed by atoms with Crippen molar-refractivity contribution in [2.24, 2.45) is 0 Å². The average molecular weight is 209 g/mol. The van der Waals surface area contributed by atoms with E-state index >= 15 is 0 Å². The highest BCUT2D eigenvalue weighted by molar-refractivity contribution is 5.14. The number of β-amino-alcohol motifs (C(OH)–C–C–N with tert-alkyl or cyclic N) is 1. The van der Waals surface area contributed by atoms with Gasteiger partial charge in [0.25, 0.3) is 0 Å². The van der Waals surface area contributed by atoms with E-state index in [0.29, 0.717) is 13.0 Å². The predicted octanol–water partition coefficient (Wildman–Crippen LogP) is 1.59. The third-order valence-electron chi connectivity index (χ3n) is 2.83. The van der Waals surface area contributed by atoms with Crippen molar-refractivity contribution in [3.63, 3.8) is 0 Å². The van der Waals surface area contributed by atoms with Crippen LogP contribution in [0.4, 0.5) is 4.39 Å². The molecule has 3 heteroatoms. The molecule has 0 unspecified atom stereocenters. The van der Waals surface area contributed by atoms with E-state index in [9.17, 15) is 9.50 Å². The van der Waals surface area contributed by atoms with E-state index < -0.39 is 12.3 Å². The van der Waals surface area contributed by atoms with Gasteiger partial charge in [-0.25, -0.2) is 4.39 Å². The summed E-state index contributed by atoms with van der Waals surface area (Å²) in [7, 11) is 0. The lowest BCUT2D eigenvalue weighted by Gasteiger charge is -2.32. The maximum absolute atomic E-state index is 13.0. The van der Waals surface area contributed by atoms with Crippen LogP contribution in [0, 0.1) is 0 Å². The highest BCUT2D eigenvalue weighted by atomic mass is 19.1. The molecule has 82 valence electrons. The molecule has 15 heavy (non-hydrogen) atoms. The number of rotatable bonds is 2. The highest BCUT2D eigenvalue weighted by Gasteiger charge is 2.26. The van der Waals surface area contributed by atoms with E-state index in [1.54, 1.807) is 0 Å². The molecule has 2 rings (SSSR count). The molecule has 1 N–H and O–H groups in total. The van der Waals surface area contributed by atoms with Gasteiger partial charge in [0.05, 0.1) is 6.10 Å². The number of likely N-dealkylation sites (tertiary alicyclic amines) is 1. The molecule has 1 fully saturated rings. The van der Waals surface area contributed by atoms with Crippen LogP contribution in [0.25, 0.3) is 0 Å². The SMILES string of the molecule is O[C@H]1CN(Cc2ccccc2)CC[C@H]1F. The zero-order valence-corrected chi connectivity index (χ0v) is 8.64. The molecular formula is C12H16FNO. The van der Waals surface area contributed by atoms with Gasteiger partial charge in [-0.2, -0.15) is 0 Å². The molecule has 1 heterocycles. The van der Waals surface area contributed by atoms with Gasteiger partial charge < -0.3 is 5.11 Å². The second-order valence-corrected chi connectivity index (χ2v) is 4.09. The van der Waals surface area contributed by atoms with Gasteiger partial charge >= 0.3 is 0 Å². The summed E-state index contributed by atoms with van der Waals surface area (Å²) in [4.78, 5) is 2.09. The molecule has 1 aromatic rings. The molecule has 0 aliphatic carbocycles. The molecule has 0 saturated carbocycles. The maximum Gasteiger partial charge on any atom is 0.128 e. The number of piperidine rings is 1. The van der Waals surface area contributed by atoms with Crippen molar-refractivity contribution in [2.75, 3.05) is 13.1 Å². The van der Waals surface area contributed by atoms with Crippen LogP contribution >= 0.6 is 0 Å². The predicted molar refractivity (Wildman–Crippen MR) is 57.2 cm³/mol. The normalized spacial score (nSPS) is 27.9. The second-order valence-electron chi connectivity index (χ2n) is 4.09. The Morgan fingerprint density at radius 3 is 2.73 bits per heavy atom. The summed E-state index contributed by atoms with van der Waals surface area (Å²) in [5, 5.41) is 9.41. The number of hydrogen-bond acceptors (Lipinski definition) is 2. The number of alkyl halides is 1. The van der Waals surface area contributed by atoms with Crippen LogP contribution in [0.15, 0.2) is 30.3 Å². The van der Waals surface area contributed by atoms with Gasteiger partial charge in [0.15, 0.2) is 0 Å². The fourth-order valence-electron chi connectivity index (χ4n) is 1.95. The Morgan fingerprint density at radius 1 is 1.33 bits per heavy atom. The summed E-state index contributed by atoms with van der Waals surface area (Å²) in [6.45, 7) is 1.97. The lowest BCUT2D eigenvalue weighted by atomic mass is 10.1. The monoisotopic (exact) mass is 209 g/mol. The fraction of sp³-hybridized carbons (Fsp3) is 0.500. The number of hydrogen-bond donors (Lipinski definition) is 1. The van der Waals surface area contributed by atoms with Gasteiger partial charge in [0.2, 0.25) is 0 Å². The van der Waals surface area contributed by atoms with Crippen LogP contribution in [0.2, 0.25) is 0 Å². The van der Waals surface area contributed by atoms with Gasteiger partial charge in [-0.3, -0.25) is 4.90 Å². The van der Waals surface area contributed by atoms with Gasteiger partial charge in [-0.1, -0.05) is 30.3 Å². The zero-order valence-electron chi connectivity index (χ0n) is 8.64. The number of benzene rings is 1. The van der Waals surface area contributed by atoms with E-state index in [-0.39, 0.29) is 0 Å². The van der Waals surface area contributed by atoms with Gasteiger partial charge in [0.1, 0.15) is 6.17 Å². The van der Waals surface area contributed by atoms with Gasteiger partial charge in [0, 0.05) is 19.6 Å². The molecule has 1 aliphatic rings. The van der Waals surface area contributed by atoms with Crippen molar-refractivity contribution < 1.29 is 9.50 Å². The van der Waals surface area contributed by atoms with Crippen LogP contribution in [0.3, 0.4) is 0 Å². The van der Waals surface area contributed by atoms with Crippen LogP contribution in [0.5, 0.6) is 0 Å². The Bertz CT molecular complexity index is 304. The fourth-order valence-corrected chi connectivity index (χ4v) is 1.95. The lowest BCUT2D eigenvalue weighted by Crippen LogP contribution is -2.44. The van der Waals surface area contributed by atoms with Gasteiger partial charge in [-0.05, 0) is 12.0 Å². The zero-order chi connectivity index (χ0) is 10.7. The molecule has 0 radical (unpaired) electrons. The van der Waals surface area contributed by atoms with E-state index in [2.05, 4.69) is 4.90 Å². The Labute approximate surface area is 89.3 Å². The Morgan fingerprint density at radius 2 is 2.07 bits per heavy atom. The summed E-state index contributed by atoms with van der Waals surface area (Å²) < 4.78 is 13.0. The summed E-state index contributed by atoms with van der Waals surface area (Å²) in [6, 6.07) is 10.1. The van der Waals surface area contributed by atoms with Crippen molar-refractivity contribution in [1.82, 2.24) is 4.90 Å². The minimum absolute atomic E-state index is 0.438. The van der Waals surface area contributed by atoms with Crippen molar-refractivity contribution in [1.29, 1.82) is 0 Å². The first-order valence-electron chi connectivity index (χ1n) is 5.34. The number of nitrogens with zero attached hydrogens (tertiary/aromatic N) is 1. The largest absolute Gasteiger partial charge is 0.389 e. The Hall–Kier alpha value is -0.930. The first-order valence-corrected chi connectivity index (χ1v) is 5.34. The molecule has 2 atom stereocenters. The summed E-state index contributed by atoms with van der Waals surface area (Å²) in [5.41, 5.74) is 1.21. The van der Waals surface area contributed by atoms with Crippen molar-refractivity contribution in [2.45, 2.75) is 25.2 Å². The maximum atomic E-state index is 13.0. The minimum Gasteiger partial charge on any atom is -0.389 e. The van der Waals surface area contributed by atoms with E-state index in [1.807, 2.05) is 30.3 Å². The van der Waals surface area contributed by atoms with Crippen LogP contribution in [-0.2, 0) is 6.54 Å². The summed E-state index contributed by atoms with van der Waals surface area (Å²) >= 11 is 0. The smallest absolute Gasteiger partial charge is 0.128 e. The molecular weight excluding hydrogens is 193 g/mol. The molecule has 0 amide bonds. The number of halogens is 1. The van der Waals surface area contributed by atoms with Crippen LogP contribution in [-0.4, -0.2) is 35.4 Å². The van der Waals surface area contributed by atoms with Gasteiger partial charge in [-0.15, -0.1) is 0 Å². The summed E-state index contributed by atoms with van der Waals surface area (Å²) in [5.74, 6) is 0. The molecule has 0 bridgehead atoms. The first-order chi connectivity index (χ1) is 7.25. The van der Waals surface area contributed by atoms with E-state index in [0.717, 1.165) is 13.1 Å². The third-order valence-corrected chi connectivity index (χ3v) is 2.83. The quantitative estimate of drug-likeness (QED) is 0.799. The standard InChI is InChI=1S/C12H16FNO/c13-11-6-7-14(9-12(11)15)8-10-4-2-1-3-5-10/h1-5,11-12,15H,6-9H2/t11-,12+/m1/s1. The third kappa shape index (κ3) is 2.76. The molecule has 0 aromatic heterocycles. The van der Waals surface area contributed by atoms with Crippen molar-refractivity contribution in [3.05, 3.63) is 35.9 Å². The topological polar surface area (TPSA) is 23.5 Å². The first kappa shape index (κ1) is 10.6. The molecule has 1 aromatic carbocycles. The average Bonchev–Trinajstić information content (AvgIpc) is 2.25. The number of aliphatic hydroxyl groups excluding tert-OH is 1. The van der Waals surface area contributed by atoms with Crippen molar-refractivity contribution >= 4 is 0 Å². The molecule has 1 saturated heterocycles. The highest BCUT2D eigenvalue weighted by Crippen LogP contribution is 2.16. The minimum atomic E-state index is -1.04. The van der Waals surface area contributed by atoms with Crippen LogP contribution < -0.4 is 0 Å². The summed E-state index contributed by atoms with van der Waals surface area (Å²) in [6.07, 6.45) is -1.42. The molecule has 1 aliphatic heterocycles.